The van der Waals surface area contributed by atoms with E-state index in [1.165, 1.54) is 6.07 Å². The number of rotatable bonds is 4. The maximum Gasteiger partial charge on any atom is 0.262 e. The van der Waals surface area contributed by atoms with Gasteiger partial charge >= 0.3 is 0 Å². The minimum atomic E-state index is -3.66. The van der Waals surface area contributed by atoms with Gasteiger partial charge in [0.15, 0.2) is 0 Å². The molecule has 106 valence electrons. The number of nitrogens with one attached hydrogen (secondary N) is 1. The van der Waals surface area contributed by atoms with Crippen molar-refractivity contribution in [2.24, 2.45) is 0 Å². The Balaban J connectivity index is 2.46. The van der Waals surface area contributed by atoms with Crippen LogP contribution in [0.25, 0.3) is 0 Å². The first-order chi connectivity index (χ1) is 9.44. The molecule has 6 heteroatoms. The van der Waals surface area contributed by atoms with E-state index in [4.69, 9.17) is 5.73 Å². The Hall–Kier alpha value is -1.53. The second-order valence-electron chi connectivity index (χ2n) is 4.31. The largest absolute Gasteiger partial charge is 0.399 e. The number of para-hydroxylation sites is 1. The molecule has 20 heavy (non-hydrogen) atoms. The molecule has 0 atom stereocenters. The van der Waals surface area contributed by atoms with E-state index in [9.17, 15) is 8.42 Å². The first-order valence-corrected chi connectivity index (χ1v) is 8.37. The van der Waals surface area contributed by atoms with Crippen LogP contribution in [-0.4, -0.2) is 8.42 Å². The van der Waals surface area contributed by atoms with E-state index in [2.05, 4.69) is 20.7 Å². The summed E-state index contributed by atoms with van der Waals surface area (Å²) in [7, 11) is -3.66. The molecule has 0 aliphatic rings. The first-order valence-electron chi connectivity index (χ1n) is 6.10. The molecule has 0 spiro atoms. The molecule has 2 aromatic carbocycles. The fourth-order valence-electron chi connectivity index (χ4n) is 1.86. The van der Waals surface area contributed by atoms with Crippen LogP contribution in [0.5, 0.6) is 0 Å². The molecule has 0 aromatic heterocycles. The summed E-state index contributed by atoms with van der Waals surface area (Å²) < 4.78 is 28.3. The van der Waals surface area contributed by atoms with Gasteiger partial charge in [-0.1, -0.05) is 25.1 Å². The van der Waals surface area contributed by atoms with Gasteiger partial charge in [-0.2, -0.15) is 0 Å². The molecular weight excluding hydrogens is 340 g/mol. The summed E-state index contributed by atoms with van der Waals surface area (Å²) in [5, 5.41) is 0. The smallest absolute Gasteiger partial charge is 0.262 e. The number of nitrogens with two attached hydrogens (primary N) is 1. The van der Waals surface area contributed by atoms with Gasteiger partial charge < -0.3 is 5.73 Å². The van der Waals surface area contributed by atoms with Crippen molar-refractivity contribution in [1.29, 1.82) is 0 Å². The van der Waals surface area contributed by atoms with Gasteiger partial charge in [0, 0.05) is 10.2 Å². The van der Waals surface area contributed by atoms with E-state index >= 15 is 0 Å². The summed E-state index contributed by atoms with van der Waals surface area (Å²) in [6.45, 7) is 1.91. The van der Waals surface area contributed by atoms with Gasteiger partial charge in [-0.15, -0.1) is 0 Å². The lowest BCUT2D eigenvalue weighted by Gasteiger charge is -2.13. The van der Waals surface area contributed by atoms with Crippen molar-refractivity contribution in [3.05, 3.63) is 52.5 Å². The van der Waals surface area contributed by atoms with Gasteiger partial charge in [0.2, 0.25) is 0 Å². The molecule has 0 unspecified atom stereocenters. The molecule has 0 saturated carbocycles. The Bertz CT molecular complexity index is 730. The highest BCUT2D eigenvalue weighted by Gasteiger charge is 2.19. The average Bonchev–Trinajstić information content (AvgIpc) is 2.41. The number of hydrogen-bond acceptors (Lipinski definition) is 3. The van der Waals surface area contributed by atoms with Crippen LogP contribution in [0.15, 0.2) is 51.8 Å². The van der Waals surface area contributed by atoms with Crippen LogP contribution in [-0.2, 0) is 16.4 Å². The molecule has 2 aromatic rings. The molecule has 4 nitrogen and oxygen atoms in total. The number of anilines is 2. The van der Waals surface area contributed by atoms with Crippen LogP contribution in [0.1, 0.15) is 12.5 Å². The summed E-state index contributed by atoms with van der Waals surface area (Å²) >= 11 is 3.32. The van der Waals surface area contributed by atoms with Gasteiger partial charge in [-0.05, 0) is 52.2 Å². The summed E-state index contributed by atoms with van der Waals surface area (Å²) in [5.41, 5.74) is 7.36. The lowest BCUT2D eigenvalue weighted by Crippen LogP contribution is -2.15. The maximum absolute atomic E-state index is 12.5. The second-order valence-corrected chi connectivity index (χ2v) is 6.81. The van der Waals surface area contributed by atoms with Crippen LogP contribution in [0.2, 0.25) is 0 Å². The molecule has 0 fully saturated rings. The highest BCUT2D eigenvalue weighted by molar-refractivity contribution is 9.10. The molecule has 0 heterocycles. The molecule has 0 aliphatic heterocycles. The standard InChI is InChI=1S/C14H15BrN2O2S/c1-2-10-7-8-11(16)9-14(10)20(18,19)17-13-6-4-3-5-12(13)15/h3-9,17H,2,16H2,1H3. The Morgan fingerprint density at radius 2 is 1.90 bits per heavy atom. The Kier molecular flexibility index (Phi) is 4.35. The monoisotopic (exact) mass is 354 g/mol. The zero-order valence-corrected chi connectivity index (χ0v) is 13.3. The van der Waals surface area contributed by atoms with Crippen molar-refractivity contribution in [3.8, 4) is 0 Å². The predicted molar refractivity (Wildman–Crippen MR) is 85.2 cm³/mol. The number of benzene rings is 2. The molecule has 0 aliphatic carbocycles. The molecule has 2 rings (SSSR count). The van der Waals surface area contributed by atoms with Crippen LogP contribution in [0.3, 0.4) is 0 Å². The van der Waals surface area contributed by atoms with Crippen molar-refractivity contribution in [1.82, 2.24) is 0 Å². The third-order valence-electron chi connectivity index (χ3n) is 2.88. The summed E-state index contributed by atoms with van der Waals surface area (Å²) in [6, 6.07) is 12.0. The number of aryl methyl sites for hydroxylation is 1. The normalized spacial score (nSPS) is 11.3. The van der Waals surface area contributed by atoms with E-state index < -0.39 is 10.0 Å². The molecule has 0 amide bonds. The molecule has 0 radical (unpaired) electrons. The van der Waals surface area contributed by atoms with E-state index in [1.54, 1.807) is 30.3 Å². The molecule has 0 bridgehead atoms. The molecular formula is C14H15BrN2O2S. The quantitative estimate of drug-likeness (QED) is 0.826. The fraction of sp³-hybridized carbons (Fsp3) is 0.143. The van der Waals surface area contributed by atoms with E-state index in [-0.39, 0.29) is 4.90 Å². The molecule has 0 saturated heterocycles. The summed E-state index contributed by atoms with van der Waals surface area (Å²) in [4.78, 5) is 0.218. The fourth-order valence-corrected chi connectivity index (χ4v) is 3.80. The number of hydrogen-bond donors (Lipinski definition) is 2. The SMILES string of the molecule is CCc1ccc(N)cc1S(=O)(=O)Nc1ccccc1Br. The Morgan fingerprint density at radius 3 is 2.55 bits per heavy atom. The van der Waals surface area contributed by atoms with Crippen LogP contribution in [0.4, 0.5) is 11.4 Å². The Labute approximate surface area is 127 Å². The van der Waals surface area contributed by atoms with Gasteiger partial charge in [0.1, 0.15) is 0 Å². The van der Waals surface area contributed by atoms with Gasteiger partial charge in [-0.3, -0.25) is 4.72 Å². The van der Waals surface area contributed by atoms with E-state index in [0.29, 0.717) is 22.3 Å². The number of halogens is 1. The zero-order chi connectivity index (χ0) is 14.8. The van der Waals surface area contributed by atoms with E-state index in [0.717, 1.165) is 5.56 Å². The lowest BCUT2D eigenvalue weighted by atomic mass is 10.1. The Morgan fingerprint density at radius 1 is 1.20 bits per heavy atom. The lowest BCUT2D eigenvalue weighted by molar-refractivity contribution is 0.600. The number of nitrogen functional groups attached to an aromatic ring is 1. The third-order valence-corrected chi connectivity index (χ3v) is 5.02. The molecule has 3 N–H and O–H groups in total. The second kappa shape index (κ2) is 5.85. The average molecular weight is 355 g/mol. The van der Waals surface area contributed by atoms with Crippen LogP contribution < -0.4 is 10.5 Å². The minimum Gasteiger partial charge on any atom is -0.399 e. The predicted octanol–water partition coefficient (Wildman–Crippen LogP) is 3.39. The number of sulfonamides is 1. The highest BCUT2D eigenvalue weighted by atomic mass is 79.9. The van der Waals surface area contributed by atoms with Crippen molar-refractivity contribution in [3.63, 3.8) is 0 Å². The van der Waals surface area contributed by atoms with Gasteiger partial charge in [-0.25, -0.2) is 8.42 Å². The highest BCUT2D eigenvalue weighted by Crippen LogP contribution is 2.26. The van der Waals surface area contributed by atoms with Crippen molar-refractivity contribution < 1.29 is 8.42 Å². The van der Waals surface area contributed by atoms with Crippen LogP contribution >= 0.6 is 15.9 Å². The van der Waals surface area contributed by atoms with Crippen LogP contribution in [0, 0.1) is 0 Å². The van der Waals surface area contributed by atoms with E-state index in [1.807, 2.05) is 13.0 Å². The maximum atomic E-state index is 12.5. The van der Waals surface area contributed by atoms with Crippen molar-refractivity contribution >= 4 is 37.3 Å². The van der Waals surface area contributed by atoms with Crippen molar-refractivity contribution in [2.45, 2.75) is 18.2 Å². The van der Waals surface area contributed by atoms with Gasteiger partial charge in [0.05, 0.1) is 10.6 Å². The summed E-state index contributed by atoms with van der Waals surface area (Å²) in [6.07, 6.45) is 0.618. The van der Waals surface area contributed by atoms with Gasteiger partial charge in [0.25, 0.3) is 10.0 Å². The van der Waals surface area contributed by atoms with Crippen molar-refractivity contribution in [2.75, 3.05) is 10.5 Å². The summed E-state index contributed by atoms with van der Waals surface area (Å²) in [5.74, 6) is 0. The third kappa shape index (κ3) is 3.13. The minimum absolute atomic E-state index is 0.218. The topological polar surface area (TPSA) is 72.2 Å². The zero-order valence-electron chi connectivity index (χ0n) is 10.9. The first kappa shape index (κ1) is 14.9.